The SMILES string of the molecule is CCOC(=O)c1cc(S(=O)(=O)Nc2ccccc2OCC)[nH]n1. The first-order valence-electron chi connectivity index (χ1n) is 6.95. The maximum Gasteiger partial charge on any atom is 0.358 e. The summed E-state index contributed by atoms with van der Waals surface area (Å²) in [6, 6.07) is 7.75. The molecule has 124 valence electrons. The molecule has 0 amide bonds. The Morgan fingerprint density at radius 1 is 1.26 bits per heavy atom. The van der Waals surface area contributed by atoms with Crippen molar-refractivity contribution < 1.29 is 22.7 Å². The van der Waals surface area contributed by atoms with Gasteiger partial charge in [-0.1, -0.05) is 12.1 Å². The smallest absolute Gasteiger partial charge is 0.358 e. The lowest BCUT2D eigenvalue weighted by atomic mass is 10.3. The van der Waals surface area contributed by atoms with E-state index in [0.29, 0.717) is 18.0 Å². The number of anilines is 1. The maximum atomic E-state index is 12.4. The molecule has 0 aliphatic carbocycles. The van der Waals surface area contributed by atoms with Crippen molar-refractivity contribution in [1.82, 2.24) is 10.2 Å². The van der Waals surface area contributed by atoms with Crippen LogP contribution in [0.15, 0.2) is 35.4 Å². The van der Waals surface area contributed by atoms with Gasteiger partial charge in [0.15, 0.2) is 10.7 Å². The number of ether oxygens (including phenoxy) is 2. The van der Waals surface area contributed by atoms with Gasteiger partial charge in [0, 0.05) is 6.07 Å². The molecule has 1 aromatic carbocycles. The summed E-state index contributed by atoms with van der Waals surface area (Å²) >= 11 is 0. The standard InChI is InChI=1S/C14H17N3O5S/c1-3-21-12-8-6-5-7-10(12)17-23(19,20)13-9-11(15-16-13)14(18)22-4-2/h5-9,17H,3-4H2,1-2H3,(H,15,16). The van der Waals surface area contributed by atoms with Gasteiger partial charge in [0.1, 0.15) is 5.75 Å². The van der Waals surface area contributed by atoms with Crippen molar-refractivity contribution in [2.45, 2.75) is 18.9 Å². The lowest BCUT2D eigenvalue weighted by Gasteiger charge is -2.11. The highest BCUT2D eigenvalue weighted by Gasteiger charge is 2.22. The van der Waals surface area contributed by atoms with Gasteiger partial charge in [-0.15, -0.1) is 0 Å². The van der Waals surface area contributed by atoms with Crippen molar-refractivity contribution in [2.75, 3.05) is 17.9 Å². The van der Waals surface area contributed by atoms with Crippen LogP contribution >= 0.6 is 0 Å². The molecule has 0 atom stereocenters. The first kappa shape index (κ1) is 16.8. The number of benzene rings is 1. The minimum atomic E-state index is -3.94. The van der Waals surface area contributed by atoms with Crippen molar-refractivity contribution in [3.05, 3.63) is 36.0 Å². The zero-order chi connectivity index (χ0) is 16.9. The predicted molar refractivity (Wildman–Crippen MR) is 83.0 cm³/mol. The Hall–Kier alpha value is -2.55. The van der Waals surface area contributed by atoms with Gasteiger partial charge in [0.2, 0.25) is 0 Å². The van der Waals surface area contributed by atoms with Crippen molar-refractivity contribution in [3.63, 3.8) is 0 Å². The number of hydrogen-bond acceptors (Lipinski definition) is 6. The summed E-state index contributed by atoms with van der Waals surface area (Å²) in [4.78, 5) is 11.5. The number of nitrogens with zero attached hydrogens (tertiary/aromatic N) is 1. The highest BCUT2D eigenvalue weighted by atomic mass is 32.2. The molecular weight excluding hydrogens is 322 g/mol. The van der Waals surface area contributed by atoms with Crippen molar-refractivity contribution in [1.29, 1.82) is 0 Å². The van der Waals surface area contributed by atoms with E-state index >= 15 is 0 Å². The summed E-state index contributed by atoms with van der Waals surface area (Å²) < 4.78 is 37.3. The number of nitrogens with one attached hydrogen (secondary N) is 2. The van der Waals surface area contributed by atoms with E-state index in [9.17, 15) is 13.2 Å². The number of carbonyl (C=O) groups is 1. The van der Waals surface area contributed by atoms with E-state index in [1.165, 1.54) is 0 Å². The molecule has 0 saturated heterocycles. The van der Waals surface area contributed by atoms with Crippen LogP contribution in [0.5, 0.6) is 5.75 Å². The number of H-pyrrole nitrogens is 1. The second-order valence-corrected chi connectivity index (χ2v) is 6.02. The maximum absolute atomic E-state index is 12.4. The molecule has 0 bridgehead atoms. The molecule has 0 aliphatic heterocycles. The number of para-hydroxylation sites is 2. The van der Waals surface area contributed by atoms with Gasteiger partial charge in [0.05, 0.1) is 18.9 Å². The summed E-state index contributed by atoms with van der Waals surface area (Å²) in [6.45, 7) is 4.02. The quantitative estimate of drug-likeness (QED) is 0.744. The average molecular weight is 339 g/mol. The molecule has 1 heterocycles. The monoisotopic (exact) mass is 339 g/mol. The fourth-order valence-electron chi connectivity index (χ4n) is 1.78. The molecule has 0 saturated carbocycles. The fourth-order valence-corrected chi connectivity index (χ4v) is 2.78. The van der Waals surface area contributed by atoms with Crippen LogP contribution < -0.4 is 9.46 Å². The fraction of sp³-hybridized carbons (Fsp3) is 0.286. The second-order valence-electron chi connectivity index (χ2n) is 4.37. The third-order valence-electron chi connectivity index (χ3n) is 2.76. The van der Waals surface area contributed by atoms with E-state index in [2.05, 4.69) is 14.9 Å². The number of sulfonamides is 1. The van der Waals surface area contributed by atoms with Crippen LogP contribution in [0.3, 0.4) is 0 Å². The summed E-state index contributed by atoms with van der Waals surface area (Å²) in [5.74, 6) is -0.288. The van der Waals surface area contributed by atoms with Crippen LogP contribution in [0.25, 0.3) is 0 Å². The van der Waals surface area contributed by atoms with Gasteiger partial charge in [-0.2, -0.15) is 13.5 Å². The molecule has 9 heteroatoms. The minimum absolute atomic E-state index is 0.106. The first-order valence-corrected chi connectivity index (χ1v) is 8.43. The Labute approximate surface area is 133 Å². The Kier molecular flexibility index (Phi) is 5.22. The van der Waals surface area contributed by atoms with E-state index in [1.807, 2.05) is 0 Å². The van der Waals surface area contributed by atoms with Crippen molar-refractivity contribution >= 4 is 21.7 Å². The van der Waals surface area contributed by atoms with E-state index in [0.717, 1.165) is 6.07 Å². The van der Waals surface area contributed by atoms with Crippen LogP contribution in [-0.4, -0.2) is 37.8 Å². The molecule has 0 aliphatic rings. The number of aromatic nitrogens is 2. The average Bonchev–Trinajstić information content (AvgIpc) is 3.00. The van der Waals surface area contributed by atoms with Gasteiger partial charge in [-0.25, -0.2) is 4.79 Å². The number of aromatic amines is 1. The second kappa shape index (κ2) is 7.14. The normalized spacial score (nSPS) is 11.0. The van der Waals surface area contributed by atoms with Gasteiger partial charge < -0.3 is 9.47 Å². The van der Waals surface area contributed by atoms with Crippen LogP contribution in [0, 0.1) is 0 Å². The van der Waals surface area contributed by atoms with Crippen molar-refractivity contribution in [3.8, 4) is 5.75 Å². The van der Waals surface area contributed by atoms with Crippen molar-refractivity contribution in [2.24, 2.45) is 0 Å². The van der Waals surface area contributed by atoms with E-state index in [-0.39, 0.29) is 17.3 Å². The van der Waals surface area contributed by atoms with Crippen LogP contribution in [0.1, 0.15) is 24.3 Å². The molecule has 2 aromatic rings. The molecule has 1 aromatic heterocycles. The van der Waals surface area contributed by atoms with E-state index in [1.54, 1.807) is 38.1 Å². The van der Waals surface area contributed by atoms with Crippen LogP contribution in [0.2, 0.25) is 0 Å². The Morgan fingerprint density at radius 3 is 2.70 bits per heavy atom. The molecule has 8 nitrogen and oxygen atoms in total. The van der Waals surface area contributed by atoms with Crippen LogP contribution in [0.4, 0.5) is 5.69 Å². The molecule has 0 spiro atoms. The lowest BCUT2D eigenvalue weighted by Crippen LogP contribution is -2.14. The highest BCUT2D eigenvalue weighted by Crippen LogP contribution is 2.26. The zero-order valence-electron chi connectivity index (χ0n) is 12.7. The predicted octanol–water partition coefficient (Wildman–Crippen LogP) is 1.79. The highest BCUT2D eigenvalue weighted by molar-refractivity contribution is 7.92. The molecule has 0 fully saturated rings. The first-order chi connectivity index (χ1) is 11.0. The van der Waals surface area contributed by atoms with Gasteiger partial charge in [-0.05, 0) is 26.0 Å². The molecule has 23 heavy (non-hydrogen) atoms. The van der Waals surface area contributed by atoms with Gasteiger partial charge in [-0.3, -0.25) is 9.82 Å². The third-order valence-corrected chi connectivity index (χ3v) is 4.04. The van der Waals surface area contributed by atoms with Gasteiger partial charge >= 0.3 is 5.97 Å². The molecule has 2 N–H and O–H groups in total. The molecular formula is C14H17N3O5S. The summed E-state index contributed by atoms with van der Waals surface area (Å²) in [5.41, 5.74) is 0.187. The molecule has 2 rings (SSSR count). The van der Waals surface area contributed by atoms with Crippen LogP contribution in [-0.2, 0) is 14.8 Å². The van der Waals surface area contributed by atoms with E-state index in [4.69, 9.17) is 9.47 Å². The largest absolute Gasteiger partial charge is 0.492 e. The summed E-state index contributed by atoms with van der Waals surface area (Å²) in [5, 5.41) is 5.72. The minimum Gasteiger partial charge on any atom is -0.492 e. The number of esters is 1. The Balaban J connectivity index is 2.24. The Bertz CT molecular complexity index is 785. The number of rotatable bonds is 7. The Morgan fingerprint density at radius 2 is 2.00 bits per heavy atom. The number of carbonyl (C=O) groups excluding carboxylic acids is 1. The lowest BCUT2D eigenvalue weighted by molar-refractivity contribution is 0.0519. The topological polar surface area (TPSA) is 110 Å². The summed E-state index contributed by atoms with van der Waals surface area (Å²) in [7, 11) is -3.94. The number of hydrogen-bond donors (Lipinski definition) is 2. The van der Waals surface area contributed by atoms with Gasteiger partial charge in [0.25, 0.3) is 10.0 Å². The third kappa shape index (κ3) is 4.01. The zero-order valence-corrected chi connectivity index (χ0v) is 13.5. The summed E-state index contributed by atoms with van der Waals surface area (Å²) in [6.07, 6.45) is 0. The van der Waals surface area contributed by atoms with E-state index < -0.39 is 16.0 Å². The molecule has 0 unspecified atom stereocenters. The molecule has 0 radical (unpaired) electrons.